The minimum atomic E-state index is 0.484. The Morgan fingerprint density at radius 3 is 2.68 bits per heavy atom. The van der Waals surface area contributed by atoms with Crippen LogP contribution in [0.4, 0.5) is 0 Å². The van der Waals surface area contributed by atoms with Crippen LogP contribution in [0.15, 0.2) is 28.7 Å². The molecule has 1 N–H and O–H groups in total. The smallest absolute Gasteiger partial charge is 0.0175 e. The minimum Gasteiger partial charge on any atom is -0.310 e. The van der Waals surface area contributed by atoms with Gasteiger partial charge in [-0.1, -0.05) is 41.9 Å². The average molecular weight is 342 g/mol. The fourth-order valence-corrected chi connectivity index (χ4v) is 4.36. The molecule has 0 amide bonds. The summed E-state index contributed by atoms with van der Waals surface area (Å²) < 4.78 is 1.15. The largest absolute Gasteiger partial charge is 0.310 e. The van der Waals surface area contributed by atoms with E-state index in [2.05, 4.69) is 78.0 Å². The zero-order valence-electron chi connectivity index (χ0n) is 12.1. The highest BCUT2D eigenvalue weighted by Gasteiger charge is 2.28. The Morgan fingerprint density at radius 2 is 2.05 bits per heavy atom. The first-order chi connectivity index (χ1) is 8.94. The highest BCUT2D eigenvalue weighted by atomic mass is 79.9. The SMILES string of the molecule is CC(Cc1ccc(Br)cc1)NC1CSCC(C)(C)C1. The van der Waals surface area contributed by atoms with Crippen LogP contribution >= 0.6 is 27.7 Å². The predicted octanol–water partition coefficient (Wildman–Crippen LogP) is 4.50. The van der Waals surface area contributed by atoms with Crippen LogP contribution < -0.4 is 5.32 Å². The molecule has 3 heteroatoms. The molecule has 106 valence electrons. The van der Waals surface area contributed by atoms with Crippen molar-refractivity contribution in [2.45, 2.75) is 45.7 Å². The second-order valence-corrected chi connectivity index (χ2v) is 8.42. The molecule has 2 atom stereocenters. The maximum Gasteiger partial charge on any atom is 0.0175 e. The zero-order chi connectivity index (χ0) is 13.9. The molecule has 0 radical (unpaired) electrons. The molecule has 1 aromatic carbocycles. The summed E-state index contributed by atoms with van der Waals surface area (Å²) in [4.78, 5) is 0. The number of rotatable bonds is 4. The van der Waals surface area contributed by atoms with E-state index in [-0.39, 0.29) is 0 Å². The van der Waals surface area contributed by atoms with Crippen LogP contribution in [-0.4, -0.2) is 23.6 Å². The first kappa shape index (κ1) is 15.4. The van der Waals surface area contributed by atoms with Crippen molar-refractivity contribution in [3.8, 4) is 0 Å². The quantitative estimate of drug-likeness (QED) is 0.865. The van der Waals surface area contributed by atoms with Gasteiger partial charge in [0.25, 0.3) is 0 Å². The molecule has 1 saturated heterocycles. The Bertz CT molecular complexity index is 402. The maximum atomic E-state index is 3.80. The highest BCUT2D eigenvalue weighted by Crippen LogP contribution is 2.33. The van der Waals surface area contributed by atoms with E-state index in [9.17, 15) is 0 Å². The fraction of sp³-hybridized carbons (Fsp3) is 0.625. The molecule has 1 aliphatic heterocycles. The number of nitrogens with one attached hydrogen (secondary N) is 1. The van der Waals surface area contributed by atoms with E-state index in [0.29, 0.717) is 17.5 Å². The molecule has 1 nitrogen and oxygen atoms in total. The van der Waals surface area contributed by atoms with Crippen LogP contribution in [0.1, 0.15) is 32.8 Å². The molecular weight excluding hydrogens is 318 g/mol. The van der Waals surface area contributed by atoms with Crippen molar-refractivity contribution in [3.63, 3.8) is 0 Å². The third kappa shape index (κ3) is 5.13. The van der Waals surface area contributed by atoms with Crippen LogP contribution in [0, 0.1) is 5.41 Å². The van der Waals surface area contributed by atoms with Crippen molar-refractivity contribution < 1.29 is 0 Å². The Kier molecular flexibility index (Phi) is 5.38. The van der Waals surface area contributed by atoms with Crippen LogP contribution in [0.2, 0.25) is 0 Å². The van der Waals surface area contributed by atoms with E-state index in [4.69, 9.17) is 0 Å². The van der Waals surface area contributed by atoms with Crippen LogP contribution in [-0.2, 0) is 6.42 Å². The molecule has 2 unspecified atom stereocenters. The van der Waals surface area contributed by atoms with Crippen molar-refractivity contribution in [2.24, 2.45) is 5.41 Å². The Hall–Kier alpha value is 0.01000. The molecule has 0 saturated carbocycles. The summed E-state index contributed by atoms with van der Waals surface area (Å²) in [6.45, 7) is 7.06. The van der Waals surface area contributed by atoms with Crippen molar-refractivity contribution in [1.82, 2.24) is 5.32 Å². The van der Waals surface area contributed by atoms with Gasteiger partial charge in [0.2, 0.25) is 0 Å². The lowest BCUT2D eigenvalue weighted by atomic mass is 9.87. The minimum absolute atomic E-state index is 0.484. The lowest BCUT2D eigenvalue weighted by Crippen LogP contribution is -2.44. The van der Waals surface area contributed by atoms with Gasteiger partial charge in [-0.15, -0.1) is 0 Å². The second kappa shape index (κ2) is 6.64. The van der Waals surface area contributed by atoms with E-state index < -0.39 is 0 Å². The lowest BCUT2D eigenvalue weighted by Gasteiger charge is -2.36. The first-order valence-electron chi connectivity index (χ1n) is 7.03. The van der Waals surface area contributed by atoms with Crippen LogP contribution in [0.5, 0.6) is 0 Å². The molecule has 1 heterocycles. The van der Waals surface area contributed by atoms with Crippen LogP contribution in [0.25, 0.3) is 0 Å². The first-order valence-corrected chi connectivity index (χ1v) is 8.98. The molecule has 0 bridgehead atoms. The number of thioether (sulfide) groups is 1. The number of hydrogen-bond donors (Lipinski definition) is 1. The normalized spacial score (nSPS) is 24.1. The van der Waals surface area contributed by atoms with E-state index in [0.717, 1.165) is 10.9 Å². The molecular formula is C16H24BrNS. The summed E-state index contributed by atoms with van der Waals surface area (Å²) in [5.41, 5.74) is 1.89. The van der Waals surface area contributed by atoms with E-state index in [1.165, 1.54) is 23.5 Å². The van der Waals surface area contributed by atoms with E-state index >= 15 is 0 Å². The summed E-state index contributed by atoms with van der Waals surface area (Å²) in [7, 11) is 0. The maximum absolute atomic E-state index is 3.80. The standard InChI is InChI=1S/C16H24BrNS/c1-12(8-13-4-6-14(17)7-5-13)18-15-9-16(2,3)11-19-10-15/h4-7,12,15,18H,8-11H2,1-3H3. The van der Waals surface area contributed by atoms with Gasteiger partial charge in [-0.05, 0) is 48.6 Å². The van der Waals surface area contributed by atoms with Gasteiger partial charge < -0.3 is 5.32 Å². The summed E-state index contributed by atoms with van der Waals surface area (Å²) in [5.74, 6) is 2.56. The highest BCUT2D eigenvalue weighted by molar-refractivity contribution is 9.10. The van der Waals surface area contributed by atoms with Crippen molar-refractivity contribution in [3.05, 3.63) is 34.3 Å². The average Bonchev–Trinajstić information content (AvgIpc) is 2.30. The number of benzene rings is 1. The fourth-order valence-electron chi connectivity index (χ4n) is 2.80. The third-order valence-corrected chi connectivity index (χ3v) is 5.74. The van der Waals surface area contributed by atoms with Crippen molar-refractivity contribution >= 4 is 27.7 Å². The van der Waals surface area contributed by atoms with E-state index in [1.807, 2.05) is 0 Å². The topological polar surface area (TPSA) is 12.0 Å². The van der Waals surface area contributed by atoms with Crippen molar-refractivity contribution in [2.75, 3.05) is 11.5 Å². The third-order valence-electron chi connectivity index (χ3n) is 3.59. The molecule has 1 fully saturated rings. The van der Waals surface area contributed by atoms with Gasteiger partial charge in [-0.25, -0.2) is 0 Å². The molecule has 1 aliphatic rings. The molecule has 0 aliphatic carbocycles. The molecule has 0 spiro atoms. The Balaban J connectivity index is 1.84. The molecule has 0 aromatic heterocycles. The molecule has 1 aromatic rings. The van der Waals surface area contributed by atoms with E-state index in [1.54, 1.807) is 0 Å². The van der Waals surface area contributed by atoms with Gasteiger partial charge in [0.05, 0.1) is 0 Å². The monoisotopic (exact) mass is 341 g/mol. The Morgan fingerprint density at radius 1 is 1.37 bits per heavy atom. The Labute approximate surface area is 130 Å². The van der Waals surface area contributed by atoms with Gasteiger partial charge in [0.15, 0.2) is 0 Å². The summed E-state index contributed by atoms with van der Waals surface area (Å²) in [6.07, 6.45) is 2.40. The molecule has 19 heavy (non-hydrogen) atoms. The number of hydrogen-bond acceptors (Lipinski definition) is 2. The van der Waals surface area contributed by atoms with Gasteiger partial charge >= 0.3 is 0 Å². The van der Waals surface area contributed by atoms with Crippen LogP contribution in [0.3, 0.4) is 0 Å². The summed E-state index contributed by atoms with van der Waals surface area (Å²) >= 11 is 5.58. The lowest BCUT2D eigenvalue weighted by molar-refractivity contribution is 0.303. The van der Waals surface area contributed by atoms with Crippen molar-refractivity contribution in [1.29, 1.82) is 0 Å². The van der Waals surface area contributed by atoms with Gasteiger partial charge in [-0.2, -0.15) is 11.8 Å². The summed E-state index contributed by atoms with van der Waals surface area (Å²) in [6, 6.07) is 9.88. The van der Waals surface area contributed by atoms with Gasteiger partial charge in [-0.3, -0.25) is 0 Å². The summed E-state index contributed by atoms with van der Waals surface area (Å²) in [5, 5.41) is 3.80. The molecule has 2 rings (SSSR count). The zero-order valence-corrected chi connectivity index (χ0v) is 14.5. The number of halogens is 1. The van der Waals surface area contributed by atoms with Gasteiger partial charge in [0.1, 0.15) is 0 Å². The predicted molar refractivity (Wildman–Crippen MR) is 90.0 cm³/mol. The van der Waals surface area contributed by atoms with Gasteiger partial charge in [0, 0.05) is 22.3 Å². The second-order valence-electron chi connectivity index (χ2n) is 6.48.